The van der Waals surface area contributed by atoms with E-state index in [1.807, 2.05) is 0 Å². The summed E-state index contributed by atoms with van der Waals surface area (Å²) in [7, 11) is 0. The van der Waals surface area contributed by atoms with Crippen molar-refractivity contribution in [2.45, 2.75) is 80.1 Å². The molecule has 248 valence electrons. The Balaban J connectivity index is 1.49. The van der Waals surface area contributed by atoms with Gasteiger partial charge in [0.25, 0.3) is 6.71 Å². The minimum Gasteiger partial charge on any atom is -0.314 e. The first kappa shape index (κ1) is 31.1. The normalized spacial score (nSPS) is 13.4. The second-order valence-corrected chi connectivity index (χ2v) is 16.9. The van der Waals surface area contributed by atoms with Gasteiger partial charge >= 0.3 is 0 Å². The molecule has 0 saturated carbocycles. The number of aryl methyl sites for hydroxylation is 2. The van der Waals surface area contributed by atoms with Crippen LogP contribution < -0.4 is 21.3 Å². The smallest absolute Gasteiger partial charge is 0.252 e. The van der Waals surface area contributed by atoms with Gasteiger partial charge in [-0.25, -0.2) is 0 Å². The fraction of sp³-hybridized carbons (Fsp3) is 0.261. The van der Waals surface area contributed by atoms with Gasteiger partial charge in [0.2, 0.25) is 0 Å². The number of hydrogen-bond acceptors (Lipinski definition) is 1. The van der Waals surface area contributed by atoms with Crippen LogP contribution in [0.4, 0.5) is 17.1 Å². The zero-order chi connectivity index (χ0) is 35.0. The first-order valence-electron chi connectivity index (χ1n) is 18.2. The highest BCUT2D eigenvalue weighted by Gasteiger charge is 2.43. The van der Waals surface area contributed by atoms with Crippen molar-refractivity contribution in [3.8, 4) is 11.4 Å². The van der Waals surface area contributed by atoms with Gasteiger partial charge in [-0.3, -0.25) is 0 Å². The average molecular weight is 652 g/mol. The number of para-hydroxylation sites is 2. The summed E-state index contributed by atoms with van der Waals surface area (Å²) in [5.41, 5.74) is 21.3. The lowest BCUT2D eigenvalue weighted by Gasteiger charge is -2.37. The van der Waals surface area contributed by atoms with E-state index in [0.29, 0.717) is 0 Å². The fourth-order valence-electron chi connectivity index (χ4n) is 8.84. The first-order valence-corrected chi connectivity index (χ1v) is 18.2. The zero-order valence-electron chi connectivity index (χ0n) is 31.2. The molecule has 0 bridgehead atoms. The number of benzene rings is 5. The van der Waals surface area contributed by atoms with Crippen molar-refractivity contribution in [1.82, 2.24) is 9.13 Å². The minimum absolute atomic E-state index is 0.0244. The van der Waals surface area contributed by atoms with Gasteiger partial charge in [0, 0.05) is 55.9 Å². The highest BCUT2D eigenvalue weighted by Crippen LogP contribution is 2.43. The second-order valence-electron chi connectivity index (χ2n) is 16.9. The molecule has 4 heterocycles. The quantitative estimate of drug-likeness (QED) is 0.173. The highest BCUT2D eigenvalue weighted by molar-refractivity contribution is 7.00. The van der Waals surface area contributed by atoms with Crippen molar-refractivity contribution < 1.29 is 0 Å². The minimum atomic E-state index is 0.0244. The highest BCUT2D eigenvalue weighted by atomic mass is 15.2. The molecule has 0 fully saturated rings. The number of fused-ring (bicyclic) bond motifs is 4. The van der Waals surface area contributed by atoms with E-state index in [0.717, 1.165) is 17.1 Å². The van der Waals surface area contributed by atoms with E-state index in [4.69, 9.17) is 0 Å². The first-order chi connectivity index (χ1) is 23.8. The van der Waals surface area contributed by atoms with Crippen LogP contribution in [-0.2, 0) is 10.8 Å². The number of nitrogens with zero attached hydrogens (tertiary/aromatic N) is 3. The maximum atomic E-state index is 2.60. The Labute approximate surface area is 297 Å². The van der Waals surface area contributed by atoms with Crippen molar-refractivity contribution in [2.24, 2.45) is 0 Å². The Morgan fingerprint density at radius 1 is 0.500 bits per heavy atom. The summed E-state index contributed by atoms with van der Waals surface area (Å²) in [6, 6.07) is 36.7. The summed E-state index contributed by atoms with van der Waals surface area (Å²) in [4.78, 5) is 2.42. The third-order valence-electron chi connectivity index (χ3n) is 11.8. The van der Waals surface area contributed by atoms with Gasteiger partial charge < -0.3 is 14.0 Å². The molecule has 50 heavy (non-hydrogen) atoms. The van der Waals surface area contributed by atoms with Gasteiger partial charge in [-0.15, -0.1) is 0 Å². The van der Waals surface area contributed by atoms with Crippen LogP contribution in [0.25, 0.3) is 33.2 Å². The Bertz CT molecular complexity index is 2360. The molecule has 2 aliphatic rings. The Morgan fingerprint density at radius 3 is 1.28 bits per heavy atom. The van der Waals surface area contributed by atoms with Crippen LogP contribution in [0.3, 0.4) is 0 Å². The zero-order valence-corrected chi connectivity index (χ0v) is 31.2. The van der Waals surface area contributed by atoms with E-state index in [1.54, 1.807) is 0 Å². The van der Waals surface area contributed by atoms with E-state index >= 15 is 0 Å². The van der Waals surface area contributed by atoms with Crippen LogP contribution in [0.1, 0.15) is 75.2 Å². The van der Waals surface area contributed by atoms with Crippen LogP contribution in [0.5, 0.6) is 0 Å². The summed E-state index contributed by atoms with van der Waals surface area (Å²) in [6.07, 6.45) is 0. The SMILES string of the molecule is Cc1c(C)n2c3c(cc(C(C)(C)C)cc13)B1c3c-2cc(N(c2ccccc2)c2ccccc2)cc3-n2c(C)c(C)c3cc(C(C)(C)C)cc1c32. The van der Waals surface area contributed by atoms with Gasteiger partial charge in [0.1, 0.15) is 0 Å². The molecule has 0 atom stereocenters. The molecule has 7 aromatic rings. The lowest BCUT2D eigenvalue weighted by atomic mass is 9.34. The molecule has 0 amide bonds. The van der Waals surface area contributed by atoms with E-state index in [2.05, 4.69) is 180 Å². The molecule has 3 nitrogen and oxygen atoms in total. The van der Waals surface area contributed by atoms with E-state index in [1.165, 1.54) is 83.2 Å². The number of aromatic nitrogens is 2. The second kappa shape index (κ2) is 10.3. The monoisotopic (exact) mass is 651 g/mol. The molecule has 9 rings (SSSR count). The third kappa shape index (κ3) is 4.17. The molecular formula is C46H46BN3. The van der Waals surface area contributed by atoms with Crippen LogP contribution in [-0.4, -0.2) is 15.8 Å². The summed E-state index contributed by atoms with van der Waals surface area (Å²) >= 11 is 0. The van der Waals surface area contributed by atoms with E-state index in [-0.39, 0.29) is 17.5 Å². The summed E-state index contributed by atoms with van der Waals surface area (Å²) < 4.78 is 5.20. The van der Waals surface area contributed by atoms with Crippen LogP contribution in [0.2, 0.25) is 0 Å². The Kier molecular flexibility index (Phi) is 6.39. The molecule has 0 aliphatic carbocycles. The van der Waals surface area contributed by atoms with Crippen LogP contribution >= 0.6 is 0 Å². The molecule has 2 aromatic heterocycles. The van der Waals surface area contributed by atoms with Crippen LogP contribution in [0, 0.1) is 27.7 Å². The van der Waals surface area contributed by atoms with Crippen molar-refractivity contribution in [2.75, 3.05) is 4.90 Å². The molecule has 2 aliphatic heterocycles. The van der Waals surface area contributed by atoms with Crippen molar-refractivity contribution in [1.29, 1.82) is 0 Å². The maximum absolute atomic E-state index is 2.60. The van der Waals surface area contributed by atoms with Gasteiger partial charge in [-0.05, 0) is 126 Å². The number of anilines is 3. The average Bonchev–Trinajstić information content (AvgIpc) is 3.50. The van der Waals surface area contributed by atoms with Crippen molar-refractivity contribution in [3.05, 3.63) is 131 Å². The Hall–Kier alpha value is -4.96. The molecule has 0 saturated heterocycles. The lowest BCUT2D eigenvalue weighted by Crippen LogP contribution is -2.60. The summed E-state index contributed by atoms with van der Waals surface area (Å²) in [5, 5.41) is 2.75. The molecular weight excluding hydrogens is 605 g/mol. The predicted molar refractivity (Wildman–Crippen MR) is 216 cm³/mol. The maximum Gasteiger partial charge on any atom is 0.252 e. The molecule has 0 radical (unpaired) electrons. The van der Waals surface area contributed by atoms with E-state index < -0.39 is 0 Å². The van der Waals surface area contributed by atoms with Crippen LogP contribution in [0.15, 0.2) is 97.1 Å². The molecule has 0 spiro atoms. The standard InChI is InChI=1S/C46H46BN3/c1-27-29(3)48-40-25-35(50(33-17-13-11-14-18-33)34-19-15-12-16-20-34)26-41-42(40)47(38-23-31(45(5,6)7)21-36(27)43(38)48)39-24-32(46(8,9)10)22-37-28(2)30(4)49(41)44(37)39/h11-26H,1-10H3. The summed E-state index contributed by atoms with van der Waals surface area (Å²) in [5.74, 6) is 0. The molecule has 5 aromatic carbocycles. The molecule has 0 unspecified atom stereocenters. The van der Waals surface area contributed by atoms with Crippen molar-refractivity contribution >= 4 is 62.0 Å². The molecule has 4 heteroatoms. The number of hydrogen-bond donors (Lipinski definition) is 0. The molecule has 0 N–H and O–H groups in total. The van der Waals surface area contributed by atoms with E-state index in [9.17, 15) is 0 Å². The number of rotatable bonds is 3. The van der Waals surface area contributed by atoms with Gasteiger partial charge in [-0.1, -0.05) is 90.1 Å². The lowest BCUT2D eigenvalue weighted by molar-refractivity contribution is 0.591. The fourth-order valence-corrected chi connectivity index (χ4v) is 8.84. The predicted octanol–water partition coefficient (Wildman–Crippen LogP) is 10.0. The van der Waals surface area contributed by atoms with Gasteiger partial charge in [-0.2, -0.15) is 0 Å². The van der Waals surface area contributed by atoms with Gasteiger partial charge in [0.05, 0.1) is 5.69 Å². The third-order valence-corrected chi connectivity index (χ3v) is 11.8. The summed E-state index contributed by atoms with van der Waals surface area (Å²) in [6.45, 7) is 23.5. The van der Waals surface area contributed by atoms with Crippen molar-refractivity contribution in [3.63, 3.8) is 0 Å². The Morgan fingerprint density at radius 2 is 0.900 bits per heavy atom. The topological polar surface area (TPSA) is 13.1 Å². The largest absolute Gasteiger partial charge is 0.314 e. The van der Waals surface area contributed by atoms with Gasteiger partial charge in [0.15, 0.2) is 0 Å².